The molecule has 82 valence electrons. The van der Waals surface area contributed by atoms with Crippen molar-refractivity contribution in [3.8, 4) is 0 Å². The Morgan fingerprint density at radius 3 is 2.40 bits per heavy atom. The molecule has 0 spiro atoms. The van der Waals surface area contributed by atoms with E-state index in [4.69, 9.17) is 10.5 Å². The Labute approximate surface area is 88.0 Å². The van der Waals surface area contributed by atoms with Gasteiger partial charge in [-0.25, -0.2) is 9.18 Å². The Bertz CT molecular complexity index is 346. The summed E-state index contributed by atoms with van der Waals surface area (Å²) in [6, 6.07) is 6.05. The van der Waals surface area contributed by atoms with Gasteiger partial charge in [-0.15, -0.1) is 0 Å². The van der Waals surface area contributed by atoms with E-state index in [1.165, 1.54) is 12.1 Å². The summed E-state index contributed by atoms with van der Waals surface area (Å²) in [5.41, 5.74) is 5.15. The second-order valence-corrected chi connectivity index (χ2v) is 3.98. The van der Waals surface area contributed by atoms with Gasteiger partial charge < -0.3 is 10.5 Å². The highest BCUT2D eigenvalue weighted by atomic mass is 19.1. The molecule has 0 unspecified atom stereocenters. The Kier molecular flexibility index (Phi) is 3.29. The maximum absolute atomic E-state index is 12.6. The lowest BCUT2D eigenvalue weighted by Gasteiger charge is -2.23. The first-order valence-corrected chi connectivity index (χ1v) is 4.62. The molecule has 2 N–H and O–H groups in total. The van der Waals surface area contributed by atoms with Crippen LogP contribution in [-0.4, -0.2) is 11.7 Å². The number of halogens is 1. The summed E-state index contributed by atoms with van der Waals surface area (Å²) in [4.78, 5) is 10.6. The number of benzene rings is 1. The van der Waals surface area contributed by atoms with Crippen molar-refractivity contribution in [1.82, 2.24) is 0 Å². The number of nitrogens with two attached hydrogens (primary N) is 1. The number of amides is 1. The Morgan fingerprint density at radius 1 is 1.40 bits per heavy atom. The van der Waals surface area contributed by atoms with Gasteiger partial charge in [-0.2, -0.15) is 0 Å². The van der Waals surface area contributed by atoms with Gasteiger partial charge in [0.25, 0.3) is 0 Å². The molecular weight excluding hydrogens is 197 g/mol. The molecule has 0 heterocycles. The summed E-state index contributed by atoms with van der Waals surface area (Å²) >= 11 is 0. The fourth-order valence-corrected chi connectivity index (χ4v) is 1.40. The summed E-state index contributed by atoms with van der Waals surface area (Å²) in [6.07, 6.45) is -0.307. The van der Waals surface area contributed by atoms with Crippen LogP contribution in [0.2, 0.25) is 0 Å². The lowest BCUT2D eigenvalue weighted by Crippen LogP contribution is -2.33. The highest BCUT2D eigenvalue weighted by Crippen LogP contribution is 2.17. The highest BCUT2D eigenvalue weighted by molar-refractivity contribution is 5.65. The van der Waals surface area contributed by atoms with E-state index < -0.39 is 11.7 Å². The summed E-state index contributed by atoms with van der Waals surface area (Å²) in [6.45, 7) is 3.50. The number of carbonyl (C=O) groups is 1. The smallest absolute Gasteiger partial charge is 0.405 e. The number of rotatable bonds is 3. The van der Waals surface area contributed by atoms with Crippen molar-refractivity contribution < 1.29 is 13.9 Å². The molecule has 0 aliphatic heterocycles. The van der Waals surface area contributed by atoms with Gasteiger partial charge >= 0.3 is 6.09 Å². The van der Waals surface area contributed by atoms with E-state index >= 15 is 0 Å². The van der Waals surface area contributed by atoms with E-state index in [0.29, 0.717) is 6.42 Å². The van der Waals surface area contributed by atoms with Gasteiger partial charge in [-0.3, -0.25) is 0 Å². The molecule has 1 rings (SSSR count). The SMILES string of the molecule is CC(C)(Cc1ccc(F)cc1)OC(N)=O. The molecule has 1 amide bonds. The van der Waals surface area contributed by atoms with Crippen molar-refractivity contribution in [2.24, 2.45) is 5.73 Å². The zero-order valence-electron chi connectivity index (χ0n) is 8.79. The van der Waals surface area contributed by atoms with Gasteiger partial charge in [0.05, 0.1) is 0 Å². The minimum absolute atomic E-state index is 0.285. The van der Waals surface area contributed by atoms with Gasteiger partial charge in [-0.05, 0) is 31.5 Å². The summed E-state index contributed by atoms with van der Waals surface area (Å²) in [7, 11) is 0. The van der Waals surface area contributed by atoms with E-state index in [1.807, 2.05) is 0 Å². The van der Waals surface area contributed by atoms with Crippen LogP contribution < -0.4 is 5.73 Å². The van der Waals surface area contributed by atoms with Crippen LogP contribution in [-0.2, 0) is 11.2 Å². The summed E-state index contributed by atoms with van der Waals surface area (Å²) in [5.74, 6) is -0.285. The van der Waals surface area contributed by atoms with E-state index in [1.54, 1.807) is 26.0 Å². The Balaban J connectivity index is 2.68. The molecule has 0 aliphatic rings. The lowest BCUT2D eigenvalue weighted by molar-refractivity contribution is 0.0460. The third-order valence-corrected chi connectivity index (χ3v) is 1.92. The van der Waals surface area contributed by atoms with Crippen LogP contribution >= 0.6 is 0 Å². The normalized spacial score (nSPS) is 11.1. The second kappa shape index (κ2) is 4.29. The molecule has 0 saturated carbocycles. The topological polar surface area (TPSA) is 52.3 Å². The monoisotopic (exact) mass is 211 g/mol. The van der Waals surface area contributed by atoms with E-state index in [0.717, 1.165) is 5.56 Å². The molecule has 0 radical (unpaired) electrons. The zero-order valence-corrected chi connectivity index (χ0v) is 8.79. The first-order chi connectivity index (χ1) is 6.89. The van der Waals surface area contributed by atoms with E-state index in [-0.39, 0.29) is 5.82 Å². The zero-order chi connectivity index (χ0) is 11.5. The van der Waals surface area contributed by atoms with Gasteiger partial charge in [0.15, 0.2) is 0 Å². The van der Waals surface area contributed by atoms with Crippen LogP contribution in [0.4, 0.5) is 9.18 Å². The van der Waals surface area contributed by atoms with Gasteiger partial charge in [-0.1, -0.05) is 12.1 Å². The largest absolute Gasteiger partial charge is 0.443 e. The number of hydrogen-bond acceptors (Lipinski definition) is 2. The first kappa shape index (κ1) is 11.5. The van der Waals surface area contributed by atoms with E-state index in [9.17, 15) is 9.18 Å². The van der Waals surface area contributed by atoms with E-state index in [2.05, 4.69) is 0 Å². The van der Waals surface area contributed by atoms with Crippen molar-refractivity contribution in [3.05, 3.63) is 35.6 Å². The summed E-state index contributed by atoms with van der Waals surface area (Å²) in [5, 5.41) is 0. The van der Waals surface area contributed by atoms with Gasteiger partial charge in [0.2, 0.25) is 0 Å². The van der Waals surface area contributed by atoms with Gasteiger partial charge in [0, 0.05) is 6.42 Å². The average Bonchev–Trinajstić information content (AvgIpc) is 2.06. The predicted molar refractivity (Wildman–Crippen MR) is 54.9 cm³/mol. The maximum Gasteiger partial charge on any atom is 0.405 e. The molecule has 3 nitrogen and oxygen atoms in total. The third-order valence-electron chi connectivity index (χ3n) is 1.92. The maximum atomic E-state index is 12.6. The molecule has 15 heavy (non-hydrogen) atoms. The molecule has 0 bridgehead atoms. The molecule has 0 fully saturated rings. The van der Waals surface area contributed by atoms with Crippen LogP contribution in [0.25, 0.3) is 0 Å². The minimum Gasteiger partial charge on any atom is -0.443 e. The van der Waals surface area contributed by atoms with Crippen molar-refractivity contribution in [3.63, 3.8) is 0 Å². The fraction of sp³-hybridized carbons (Fsp3) is 0.364. The molecule has 0 atom stereocenters. The second-order valence-electron chi connectivity index (χ2n) is 3.98. The summed E-state index contributed by atoms with van der Waals surface area (Å²) < 4.78 is 17.5. The Hall–Kier alpha value is -1.58. The quantitative estimate of drug-likeness (QED) is 0.833. The predicted octanol–water partition coefficient (Wildman–Crippen LogP) is 2.24. The molecule has 0 aliphatic carbocycles. The fourth-order valence-electron chi connectivity index (χ4n) is 1.40. The average molecular weight is 211 g/mol. The Morgan fingerprint density at radius 2 is 1.93 bits per heavy atom. The van der Waals surface area contributed by atoms with Crippen LogP contribution in [0.15, 0.2) is 24.3 Å². The van der Waals surface area contributed by atoms with Crippen molar-refractivity contribution in [2.75, 3.05) is 0 Å². The highest BCUT2D eigenvalue weighted by Gasteiger charge is 2.21. The van der Waals surface area contributed by atoms with Crippen molar-refractivity contribution in [1.29, 1.82) is 0 Å². The standard InChI is InChI=1S/C11H14FNO2/c1-11(2,15-10(13)14)7-8-3-5-9(12)6-4-8/h3-6H,7H2,1-2H3,(H2,13,14). The number of primary amides is 1. The van der Waals surface area contributed by atoms with Crippen LogP contribution in [0, 0.1) is 5.82 Å². The third kappa shape index (κ3) is 3.97. The van der Waals surface area contributed by atoms with Crippen LogP contribution in [0.5, 0.6) is 0 Å². The van der Waals surface area contributed by atoms with Crippen LogP contribution in [0.3, 0.4) is 0 Å². The molecule has 0 aromatic heterocycles. The first-order valence-electron chi connectivity index (χ1n) is 4.62. The lowest BCUT2D eigenvalue weighted by atomic mass is 9.98. The van der Waals surface area contributed by atoms with Crippen LogP contribution in [0.1, 0.15) is 19.4 Å². The number of hydrogen-bond donors (Lipinski definition) is 1. The molecule has 0 saturated heterocycles. The molecule has 1 aromatic carbocycles. The molecular formula is C11H14FNO2. The minimum atomic E-state index is -0.804. The molecule has 4 heteroatoms. The van der Waals surface area contributed by atoms with Crippen molar-refractivity contribution in [2.45, 2.75) is 25.9 Å². The van der Waals surface area contributed by atoms with Crippen molar-refractivity contribution >= 4 is 6.09 Å². The number of ether oxygens (including phenoxy) is 1. The van der Waals surface area contributed by atoms with Gasteiger partial charge in [0.1, 0.15) is 11.4 Å². The number of carbonyl (C=O) groups excluding carboxylic acids is 1. The molecule has 1 aromatic rings.